The molecule has 2 aromatic carbocycles. The topological polar surface area (TPSA) is 83.1 Å². The molecule has 1 N–H and O–H groups in total. The number of amides is 1. The van der Waals surface area contributed by atoms with E-state index in [4.69, 9.17) is 18.9 Å². The summed E-state index contributed by atoms with van der Waals surface area (Å²) >= 11 is 0. The summed E-state index contributed by atoms with van der Waals surface area (Å²) in [5.41, 5.74) is 1.44. The number of rotatable bonds is 6. The van der Waals surface area contributed by atoms with Crippen LogP contribution in [-0.2, 0) is 11.3 Å². The minimum absolute atomic E-state index is 0.102. The largest absolute Gasteiger partial charge is 0.490 e. The fourth-order valence-electron chi connectivity index (χ4n) is 3.19. The van der Waals surface area contributed by atoms with E-state index in [2.05, 4.69) is 5.32 Å². The molecule has 4 rings (SSSR count). The Morgan fingerprint density at radius 2 is 1.41 bits per heavy atom. The van der Waals surface area contributed by atoms with Crippen molar-refractivity contribution in [3.8, 4) is 23.0 Å². The van der Waals surface area contributed by atoms with E-state index in [1.54, 1.807) is 18.2 Å². The third-order valence-corrected chi connectivity index (χ3v) is 4.74. The number of ether oxygens (including phenoxy) is 4. The van der Waals surface area contributed by atoms with Crippen LogP contribution in [0.25, 0.3) is 0 Å². The zero-order valence-electron chi connectivity index (χ0n) is 16.1. The Kier molecular flexibility index (Phi) is 5.84. The van der Waals surface area contributed by atoms with Crippen LogP contribution >= 0.6 is 0 Å². The lowest BCUT2D eigenvalue weighted by atomic mass is 10.1. The molecular formula is C22H23NO6. The molecule has 152 valence electrons. The Morgan fingerprint density at radius 3 is 2.24 bits per heavy atom. The second-order valence-electron chi connectivity index (χ2n) is 6.89. The van der Waals surface area contributed by atoms with Crippen molar-refractivity contribution in [2.45, 2.75) is 25.8 Å². The van der Waals surface area contributed by atoms with Crippen molar-refractivity contribution < 1.29 is 28.5 Å². The Hall–Kier alpha value is -3.22. The molecule has 0 bridgehead atoms. The summed E-state index contributed by atoms with van der Waals surface area (Å²) in [4.78, 5) is 24.6. The molecule has 2 heterocycles. The number of fused-ring (bicyclic) bond motifs is 2. The summed E-state index contributed by atoms with van der Waals surface area (Å²) in [6.07, 6.45) is 1.06. The van der Waals surface area contributed by atoms with Crippen molar-refractivity contribution >= 4 is 11.7 Å². The third-order valence-electron chi connectivity index (χ3n) is 4.74. The van der Waals surface area contributed by atoms with Crippen molar-refractivity contribution in [1.82, 2.24) is 5.32 Å². The van der Waals surface area contributed by atoms with Crippen LogP contribution in [0, 0.1) is 0 Å². The van der Waals surface area contributed by atoms with Gasteiger partial charge in [-0.15, -0.1) is 0 Å². The first kappa shape index (κ1) is 19.1. The second kappa shape index (κ2) is 8.86. The van der Waals surface area contributed by atoms with Crippen LogP contribution in [0.4, 0.5) is 0 Å². The van der Waals surface area contributed by atoms with E-state index in [1.165, 1.54) is 0 Å². The quantitative estimate of drug-likeness (QED) is 0.755. The summed E-state index contributed by atoms with van der Waals surface area (Å²) in [5.74, 6) is 2.35. The molecule has 0 spiro atoms. The highest BCUT2D eigenvalue weighted by Gasteiger charge is 2.16. The first-order valence-electron chi connectivity index (χ1n) is 9.77. The van der Waals surface area contributed by atoms with Crippen molar-refractivity contribution in [3.05, 3.63) is 47.5 Å². The van der Waals surface area contributed by atoms with Gasteiger partial charge in [0.05, 0.1) is 13.2 Å². The standard InChI is InChI=1S/C22H23NO6/c24-17(16-3-6-19-21(13-16)27-9-1-8-26-19)4-7-22(25)23-14-15-2-5-18-20(12-15)29-11-10-28-18/h2-3,5-6,12-13H,1,4,7-11,14H2,(H,23,25). The maximum absolute atomic E-state index is 12.4. The second-order valence-corrected chi connectivity index (χ2v) is 6.89. The molecule has 0 saturated heterocycles. The molecule has 0 fully saturated rings. The molecule has 0 unspecified atom stereocenters. The number of carbonyl (C=O) groups excluding carboxylic acids is 2. The van der Waals surface area contributed by atoms with Crippen LogP contribution in [0.5, 0.6) is 23.0 Å². The van der Waals surface area contributed by atoms with Crippen LogP contribution in [0.15, 0.2) is 36.4 Å². The maximum atomic E-state index is 12.4. The first-order valence-corrected chi connectivity index (χ1v) is 9.77. The zero-order valence-corrected chi connectivity index (χ0v) is 16.1. The van der Waals surface area contributed by atoms with E-state index in [0.29, 0.717) is 61.5 Å². The Morgan fingerprint density at radius 1 is 0.759 bits per heavy atom. The first-order chi connectivity index (χ1) is 14.2. The van der Waals surface area contributed by atoms with Crippen molar-refractivity contribution in [2.75, 3.05) is 26.4 Å². The van der Waals surface area contributed by atoms with Gasteiger partial charge in [-0.25, -0.2) is 0 Å². The van der Waals surface area contributed by atoms with E-state index in [9.17, 15) is 9.59 Å². The number of hydrogen-bond donors (Lipinski definition) is 1. The van der Waals surface area contributed by atoms with Gasteiger partial charge in [-0.3, -0.25) is 9.59 Å². The van der Waals surface area contributed by atoms with Gasteiger partial charge in [0.25, 0.3) is 0 Å². The zero-order chi connectivity index (χ0) is 20.1. The monoisotopic (exact) mass is 397 g/mol. The predicted molar refractivity (Wildman–Crippen MR) is 105 cm³/mol. The van der Waals surface area contributed by atoms with Gasteiger partial charge in [-0.1, -0.05) is 6.07 Å². The lowest BCUT2D eigenvalue weighted by Gasteiger charge is -2.19. The molecule has 7 nitrogen and oxygen atoms in total. The normalized spacial score (nSPS) is 14.6. The molecular weight excluding hydrogens is 374 g/mol. The lowest BCUT2D eigenvalue weighted by molar-refractivity contribution is -0.121. The van der Waals surface area contributed by atoms with E-state index >= 15 is 0 Å². The van der Waals surface area contributed by atoms with E-state index in [0.717, 1.165) is 12.0 Å². The number of carbonyl (C=O) groups is 2. The summed E-state index contributed by atoms with van der Waals surface area (Å²) in [6.45, 7) is 2.59. The molecule has 2 aromatic rings. The van der Waals surface area contributed by atoms with Crippen LogP contribution in [0.2, 0.25) is 0 Å². The Bertz CT molecular complexity index is 910. The van der Waals surface area contributed by atoms with Gasteiger partial charge in [0.1, 0.15) is 13.2 Å². The van der Waals surface area contributed by atoms with E-state index in [1.807, 2.05) is 18.2 Å². The van der Waals surface area contributed by atoms with Crippen LogP contribution in [0.3, 0.4) is 0 Å². The average Bonchev–Trinajstić information content (AvgIpc) is 3.00. The van der Waals surface area contributed by atoms with Crippen molar-refractivity contribution in [2.24, 2.45) is 0 Å². The summed E-state index contributed by atoms with van der Waals surface area (Å²) < 4.78 is 22.2. The number of hydrogen-bond acceptors (Lipinski definition) is 6. The predicted octanol–water partition coefficient (Wildman–Crippen LogP) is 2.90. The fraction of sp³-hybridized carbons (Fsp3) is 0.364. The number of nitrogens with one attached hydrogen (secondary N) is 1. The van der Waals surface area contributed by atoms with Gasteiger partial charge in [0.15, 0.2) is 28.8 Å². The van der Waals surface area contributed by atoms with Gasteiger partial charge in [-0.2, -0.15) is 0 Å². The number of benzene rings is 2. The lowest BCUT2D eigenvalue weighted by Crippen LogP contribution is -2.23. The Labute approximate surface area is 168 Å². The molecule has 0 aliphatic carbocycles. The molecule has 0 saturated carbocycles. The average molecular weight is 397 g/mol. The summed E-state index contributed by atoms with van der Waals surface area (Å²) in [7, 11) is 0. The smallest absolute Gasteiger partial charge is 0.220 e. The van der Waals surface area contributed by atoms with Gasteiger partial charge in [0.2, 0.25) is 5.91 Å². The molecule has 2 aliphatic rings. The van der Waals surface area contributed by atoms with Gasteiger partial charge in [-0.05, 0) is 35.9 Å². The van der Waals surface area contributed by atoms with Gasteiger partial charge in [0, 0.05) is 31.4 Å². The molecule has 0 aromatic heterocycles. The van der Waals surface area contributed by atoms with E-state index in [-0.39, 0.29) is 24.5 Å². The highest BCUT2D eigenvalue weighted by molar-refractivity contribution is 5.98. The molecule has 7 heteroatoms. The molecule has 0 radical (unpaired) electrons. The molecule has 2 aliphatic heterocycles. The van der Waals surface area contributed by atoms with Crippen molar-refractivity contribution in [3.63, 3.8) is 0 Å². The minimum atomic E-state index is -0.178. The number of ketones is 1. The van der Waals surface area contributed by atoms with Gasteiger partial charge < -0.3 is 24.3 Å². The van der Waals surface area contributed by atoms with Crippen LogP contribution in [-0.4, -0.2) is 38.1 Å². The van der Waals surface area contributed by atoms with Gasteiger partial charge >= 0.3 is 0 Å². The highest BCUT2D eigenvalue weighted by Crippen LogP contribution is 2.31. The molecule has 1 amide bonds. The fourth-order valence-corrected chi connectivity index (χ4v) is 3.19. The SMILES string of the molecule is O=C(CCC(=O)c1ccc2c(c1)OCCCO2)NCc1ccc2c(c1)OCCO2. The van der Waals surface area contributed by atoms with E-state index < -0.39 is 0 Å². The third kappa shape index (κ3) is 4.80. The summed E-state index contributed by atoms with van der Waals surface area (Å²) in [6, 6.07) is 10.7. The molecule has 29 heavy (non-hydrogen) atoms. The highest BCUT2D eigenvalue weighted by atomic mass is 16.6. The van der Waals surface area contributed by atoms with Crippen LogP contribution < -0.4 is 24.3 Å². The maximum Gasteiger partial charge on any atom is 0.220 e. The number of Topliss-reactive ketones (excluding diaryl/α,β-unsaturated/α-hetero) is 1. The minimum Gasteiger partial charge on any atom is -0.490 e. The Balaban J connectivity index is 1.27. The van der Waals surface area contributed by atoms with Crippen molar-refractivity contribution in [1.29, 1.82) is 0 Å². The van der Waals surface area contributed by atoms with Crippen LogP contribution in [0.1, 0.15) is 35.2 Å². The molecule has 0 atom stereocenters. The summed E-state index contributed by atoms with van der Waals surface area (Å²) in [5, 5.41) is 2.84.